The van der Waals surface area contributed by atoms with Crippen LogP contribution in [0, 0.1) is 5.95 Å². The zero-order valence-electron chi connectivity index (χ0n) is 13.1. The Bertz CT molecular complexity index is 795. The Morgan fingerprint density at radius 3 is 2.75 bits per heavy atom. The average Bonchev–Trinajstić information content (AvgIpc) is 2.94. The number of imidazole rings is 1. The van der Waals surface area contributed by atoms with Crippen LogP contribution in [0.4, 0.5) is 4.39 Å². The van der Waals surface area contributed by atoms with Crippen LogP contribution < -0.4 is 0 Å². The highest BCUT2D eigenvalue weighted by atomic mass is 32.1. The Balaban J connectivity index is 1.90. The second-order valence-electron chi connectivity index (χ2n) is 5.77. The maximum atomic E-state index is 14.1. The van der Waals surface area contributed by atoms with Gasteiger partial charge in [0.25, 0.3) is 0 Å². The van der Waals surface area contributed by atoms with Crippen molar-refractivity contribution >= 4 is 23.3 Å². The van der Waals surface area contributed by atoms with Crippen molar-refractivity contribution in [3.63, 3.8) is 0 Å². The molecule has 7 heteroatoms. The highest BCUT2D eigenvalue weighted by molar-refractivity contribution is 7.78. The average molecular weight is 345 g/mol. The molecule has 1 aliphatic carbocycles. The van der Waals surface area contributed by atoms with Crippen molar-refractivity contribution in [2.75, 3.05) is 0 Å². The number of esters is 1. The molecule has 0 saturated heterocycles. The molecule has 1 aromatic heterocycles. The molecule has 0 amide bonds. The Morgan fingerprint density at radius 2 is 2.17 bits per heavy atom. The maximum absolute atomic E-state index is 14.1. The van der Waals surface area contributed by atoms with E-state index in [0.717, 1.165) is 12.0 Å². The summed E-state index contributed by atoms with van der Waals surface area (Å²) in [5.74, 6) is -1.65. The van der Waals surface area contributed by atoms with Gasteiger partial charge in [-0.2, -0.15) is 9.38 Å². The van der Waals surface area contributed by atoms with E-state index in [1.54, 1.807) is 0 Å². The van der Waals surface area contributed by atoms with Gasteiger partial charge in [-0.3, -0.25) is 0 Å². The highest BCUT2D eigenvalue weighted by Crippen LogP contribution is 2.37. The number of benzene rings is 1. The lowest BCUT2D eigenvalue weighted by molar-refractivity contribution is -0.0568. The first-order chi connectivity index (χ1) is 11.6. The molecule has 2 aromatic rings. The van der Waals surface area contributed by atoms with E-state index in [1.807, 2.05) is 37.3 Å². The molecule has 3 rings (SSSR count). The number of thiocarbonyl (C=S) groups is 1. The summed E-state index contributed by atoms with van der Waals surface area (Å²) in [6.45, 7) is 1.86. The molecular formula is C17H16FN3O2S. The zero-order chi connectivity index (χ0) is 17.2. The zero-order valence-corrected chi connectivity index (χ0v) is 13.9. The molecule has 1 aromatic carbocycles. The van der Waals surface area contributed by atoms with Gasteiger partial charge in [-0.05, 0) is 31.1 Å². The molecule has 1 aliphatic rings. The van der Waals surface area contributed by atoms with Crippen LogP contribution in [0.1, 0.15) is 48.3 Å². The van der Waals surface area contributed by atoms with Crippen molar-refractivity contribution in [3.05, 3.63) is 53.9 Å². The largest absolute Gasteiger partial charge is 0.432 e. The van der Waals surface area contributed by atoms with Gasteiger partial charge in [0.05, 0.1) is 17.5 Å². The van der Waals surface area contributed by atoms with Gasteiger partial charge in [-0.1, -0.05) is 30.3 Å². The number of aromatic nitrogens is 2. The van der Waals surface area contributed by atoms with E-state index < -0.39 is 17.6 Å². The number of isothiocyanates is 1. The van der Waals surface area contributed by atoms with Gasteiger partial charge >= 0.3 is 5.97 Å². The second kappa shape index (κ2) is 6.63. The Hall–Kier alpha value is -2.37. The Morgan fingerprint density at radius 1 is 1.46 bits per heavy atom. The summed E-state index contributed by atoms with van der Waals surface area (Å²) < 4.78 is 21.0. The summed E-state index contributed by atoms with van der Waals surface area (Å²) in [6, 6.07) is 9.20. The van der Waals surface area contributed by atoms with Crippen LogP contribution in [0.25, 0.3) is 0 Å². The van der Waals surface area contributed by atoms with Crippen LogP contribution >= 0.6 is 12.2 Å². The van der Waals surface area contributed by atoms with E-state index in [4.69, 9.17) is 4.74 Å². The molecule has 5 nitrogen and oxygen atoms in total. The van der Waals surface area contributed by atoms with E-state index in [9.17, 15) is 9.18 Å². The van der Waals surface area contributed by atoms with E-state index in [-0.39, 0.29) is 11.7 Å². The number of nitrogens with zero attached hydrogens (tertiary/aromatic N) is 3. The predicted molar refractivity (Wildman–Crippen MR) is 89.5 cm³/mol. The fourth-order valence-electron chi connectivity index (χ4n) is 2.73. The van der Waals surface area contributed by atoms with E-state index in [0.29, 0.717) is 12.8 Å². The first-order valence-corrected chi connectivity index (χ1v) is 8.07. The summed E-state index contributed by atoms with van der Waals surface area (Å²) in [5.41, 5.74) is -0.285. The summed E-state index contributed by atoms with van der Waals surface area (Å²) in [6.07, 6.45) is 3.30. The third kappa shape index (κ3) is 3.00. The third-order valence-corrected chi connectivity index (χ3v) is 4.40. The van der Waals surface area contributed by atoms with Crippen LogP contribution in [0.2, 0.25) is 0 Å². The van der Waals surface area contributed by atoms with Crippen molar-refractivity contribution in [3.8, 4) is 0 Å². The van der Waals surface area contributed by atoms with Crippen molar-refractivity contribution in [1.29, 1.82) is 0 Å². The molecule has 1 atom stereocenters. The van der Waals surface area contributed by atoms with E-state index in [1.165, 1.54) is 10.9 Å². The van der Waals surface area contributed by atoms with E-state index >= 15 is 0 Å². The van der Waals surface area contributed by atoms with Crippen LogP contribution in [0.3, 0.4) is 0 Å². The molecule has 0 aliphatic heterocycles. The van der Waals surface area contributed by atoms with Crippen LogP contribution in [0.5, 0.6) is 0 Å². The number of ether oxygens (including phenoxy) is 1. The standard InChI is InChI=1S/C17H16FN3O2S/c1-12(13-6-3-2-4-7-13)21-10-19-15(18)14(21)16(22)23-17(20-11-24)8-5-9-17/h2-4,6-7,10,12H,5,8-9H2,1H3/t12-/m1/s1. The van der Waals surface area contributed by atoms with Crippen molar-refractivity contribution in [2.24, 2.45) is 4.99 Å². The van der Waals surface area contributed by atoms with Crippen molar-refractivity contribution < 1.29 is 13.9 Å². The fraction of sp³-hybridized carbons (Fsp3) is 0.353. The predicted octanol–water partition coefficient (Wildman–Crippen LogP) is 3.77. The topological polar surface area (TPSA) is 56.5 Å². The minimum absolute atomic E-state index is 0.211. The van der Waals surface area contributed by atoms with Gasteiger partial charge in [-0.15, -0.1) is 0 Å². The van der Waals surface area contributed by atoms with Gasteiger partial charge < -0.3 is 9.30 Å². The molecule has 0 bridgehead atoms. The molecule has 1 heterocycles. The van der Waals surface area contributed by atoms with Crippen molar-refractivity contribution in [2.45, 2.75) is 38.0 Å². The number of aliphatic imine (C=N–C) groups is 1. The molecule has 0 radical (unpaired) electrons. The molecule has 1 saturated carbocycles. The van der Waals surface area contributed by atoms with Gasteiger partial charge in [0, 0.05) is 12.8 Å². The number of halogens is 1. The molecular weight excluding hydrogens is 329 g/mol. The number of rotatable bonds is 5. The van der Waals surface area contributed by atoms with E-state index in [2.05, 4.69) is 27.4 Å². The summed E-state index contributed by atoms with van der Waals surface area (Å²) in [5, 5.41) is 2.25. The summed E-state index contributed by atoms with van der Waals surface area (Å²) in [4.78, 5) is 20.1. The second-order valence-corrected chi connectivity index (χ2v) is 5.95. The highest BCUT2D eigenvalue weighted by Gasteiger charge is 2.42. The first kappa shape index (κ1) is 16.5. The minimum atomic E-state index is -1.00. The molecule has 124 valence electrons. The maximum Gasteiger partial charge on any atom is 0.362 e. The smallest absolute Gasteiger partial charge is 0.362 e. The third-order valence-electron chi connectivity index (χ3n) is 4.31. The van der Waals surface area contributed by atoms with Crippen LogP contribution in [-0.2, 0) is 4.74 Å². The molecule has 0 N–H and O–H groups in total. The number of hydrogen-bond acceptors (Lipinski definition) is 5. The van der Waals surface area contributed by atoms with Gasteiger partial charge in [0.2, 0.25) is 11.7 Å². The number of carbonyl (C=O) groups excluding carboxylic acids is 1. The minimum Gasteiger partial charge on any atom is -0.432 e. The lowest BCUT2D eigenvalue weighted by atomic mass is 9.88. The Labute approximate surface area is 144 Å². The van der Waals surface area contributed by atoms with Crippen molar-refractivity contribution in [1.82, 2.24) is 9.55 Å². The monoisotopic (exact) mass is 345 g/mol. The van der Waals surface area contributed by atoms with Crippen LogP contribution in [-0.4, -0.2) is 26.4 Å². The fourth-order valence-corrected chi connectivity index (χ4v) is 2.90. The Kier molecular flexibility index (Phi) is 4.55. The molecule has 0 unspecified atom stereocenters. The van der Waals surface area contributed by atoms with Crippen LogP contribution in [0.15, 0.2) is 41.7 Å². The lowest BCUT2D eigenvalue weighted by Gasteiger charge is -2.35. The molecule has 0 spiro atoms. The SMILES string of the molecule is C[C@H](c1ccccc1)n1cnc(F)c1C(=O)OC1(N=C=S)CCC1. The van der Waals surface area contributed by atoms with Gasteiger partial charge in [0.1, 0.15) is 0 Å². The summed E-state index contributed by atoms with van der Waals surface area (Å²) >= 11 is 4.61. The lowest BCUT2D eigenvalue weighted by Crippen LogP contribution is -2.40. The molecule has 1 fully saturated rings. The van der Waals surface area contributed by atoms with Gasteiger partial charge in [-0.25, -0.2) is 9.78 Å². The van der Waals surface area contributed by atoms with Gasteiger partial charge in [0.15, 0.2) is 5.69 Å². The first-order valence-electron chi connectivity index (χ1n) is 7.66. The summed E-state index contributed by atoms with van der Waals surface area (Å²) in [7, 11) is 0. The molecule has 24 heavy (non-hydrogen) atoms. The quantitative estimate of drug-likeness (QED) is 0.470. The normalized spacial score (nSPS) is 16.6. The number of carbonyl (C=O) groups is 1. The number of hydrogen-bond donors (Lipinski definition) is 0.